The molecule has 1 aliphatic heterocycles. The SMILES string of the molecule is COc1ccc(C2CC(=O)Nc3n[nH]c(-c4ccc(Cl)cc4)c32)c(OC)c1. The number of aromatic amines is 1. The van der Waals surface area contributed by atoms with Crippen LogP contribution in [0.5, 0.6) is 11.5 Å². The van der Waals surface area contributed by atoms with E-state index in [9.17, 15) is 4.79 Å². The summed E-state index contributed by atoms with van der Waals surface area (Å²) in [5.41, 5.74) is 3.64. The first-order valence-electron chi connectivity index (χ1n) is 8.46. The van der Waals surface area contributed by atoms with Gasteiger partial charge in [-0.1, -0.05) is 29.8 Å². The molecular formula is C20H18ClN3O3. The Balaban J connectivity index is 1.87. The first kappa shape index (κ1) is 17.4. The van der Waals surface area contributed by atoms with E-state index in [2.05, 4.69) is 15.5 Å². The van der Waals surface area contributed by atoms with Gasteiger partial charge in [0, 0.05) is 40.1 Å². The number of fused-ring (bicyclic) bond motifs is 1. The number of halogens is 1. The van der Waals surface area contributed by atoms with Crippen LogP contribution in [0.4, 0.5) is 5.82 Å². The fraction of sp³-hybridized carbons (Fsp3) is 0.200. The summed E-state index contributed by atoms with van der Waals surface area (Å²) in [5, 5.41) is 10.9. The molecule has 0 radical (unpaired) electrons. The fourth-order valence-corrected chi connectivity index (χ4v) is 3.59. The van der Waals surface area contributed by atoms with Gasteiger partial charge in [-0.3, -0.25) is 9.89 Å². The van der Waals surface area contributed by atoms with Gasteiger partial charge in [0.1, 0.15) is 11.5 Å². The molecule has 2 N–H and O–H groups in total. The lowest BCUT2D eigenvalue weighted by atomic mass is 9.84. The minimum atomic E-state index is -0.195. The first-order chi connectivity index (χ1) is 13.1. The number of benzene rings is 2. The van der Waals surface area contributed by atoms with E-state index >= 15 is 0 Å². The highest BCUT2D eigenvalue weighted by atomic mass is 35.5. The number of methoxy groups -OCH3 is 2. The minimum Gasteiger partial charge on any atom is -0.497 e. The summed E-state index contributed by atoms with van der Waals surface area (Å²) in [6, 6.07) is 13.1. The van der Waals surface area contributed by atoms with Gasteiger partial charge in [-0.05, 0) is 18.2 Å². The van der Waals surface area contributed by atoms with Crippen LogP contribution in [-0.4, -0.2) is 30.3 Å². The highest BCUT2D eigenvalue weighted by molar-refractivity contribution is 6.30. The van der Waals surface area contributed by atoms with E-state index in [1.54, 1.807) is 14.2 Å². The van der Waals surface area contributed by atoms with Crippen molar-refractivity contribution in [2.75, 3.05) is 19.5 Å². The minimum absolute atomic E-state index is 0.0838. The van der Waals surface area contributed by atoms with Crippen LogP contribution < -0.4 is 14.8 Å². The van der Waals surface area contributed by atoms with Gasteiger partial charge >= 0.3 is 0 Å². The number of nitrogens with one attached hydrogen (secondary N) is 2. The van der Waals surface area contributed by atoms with Crippen LogP contribution >= 0.6 is 11.6 Å². The second kappa shape index (κ2) is 6.96. The predicted molar refractivity (Wildman–Crippen MR) is 104 cm³/mol. The van der Waals surface area contributed by atoms with Crippen molar-refractivity contribution < 1.29 is 14.3 Å². The number of hydrogen-bond acceptors (Lipinski definition) is 4. The Labute approximate surface area is 161 Å². The molecule has 27 heavy (non-hydrogen) atoms. The van der Waals surface area contributed by atoms with Gasteiger partial charge in [-0.25, -0.2) is 0 Å². The molecule has 1 atom stereocenters. The van der Waals surface area contributed by atoms with Crippen LogP contribution in [0.2, 0.25) is 5.02 Å². The standard InChI is InChI=1S/C20H18ClN3O3/c1-26-13-7-8-14(16(9-13)27-2)15-10-17(25)22-20-18(15)19(23-24-20)11-3-5-12(21)6-4-11/h3-9,15H,10H2,1-2H3,(H2,22,23,24,25). The average Bonchev–Trinajstić information content (AvgIpc) is 3.11. The Morgan fingerprint density at radius 2 is 1.89 bits per heavy atom. The van der Waals surface area contributed by atoms with Crippen molar-refractivity contribution in [3.05, 3.63) is 58.6 Å². The second-order valence-electron chi connectivity index (χ2n) is 6.28. The van der Waals surface area contributed by atoms with Crippen molar-refractivity contribution >= 4 is 23.3 Å². The van der Waals surface area contributed by atoms with Gasteiger partial charge in [-0.2, -0.15) is 5.10 Å². The van der Waals surface area contributed by atoms with E-state index in [1.807, 2.05) is 42.5 Å². The highest BCUT2D eigenvalue weighted by Gasteiger charge is 2.33. The molecule has 2 aromatic carbocycles. The predicted octanol–water partition coefficient (Wildman–Crippen LogP) is 4.22. The number of carbonyl (C=O) groups excluding carboxylic acids is 1. The third kappa shape index (κ3) is 3.13. The Morgan fingerprint density at radius 3 is 2.59 bits per heavy atom. The number of anilines is 1. The molecule has 0 aliphatic carbocycles. The van der Waals surface area contributed by atoms with Crippen LogP contribution in [0.25, 0.3) is 11.3 Å². The van der Waals surface area contributed by atoms with E-state index in [0.29, 0.717) is 28.8 Å². The molecule has 4 rings (SSSR count). The molecule has 1 amide bonds. The van der Waals surface area contributed by atoms with Crippen molar-refractivity contribution in [3.8, 4) is 22.8 Å². The molecule has 1 unspecified atom stereocenters. The molecule has 0 saturated carbocycles. The summed E-state index contributed by atoms with van der Waals surface area (Å²) in [4.78, 5) is 12.3. The van der Waals surface area contributed by atoms with Crippen molar-refractivity contribution in [1.82, 2.24) is 10.2 Å². The molecular weight excluding hydrogens is 366 g/mol. The Hall–Kier alpha value is -2.99. The van der Waals surface area contributed by atoms with Gasteiger partial charge in [0.2, 0.25) is 5.91 Å². The largest absolute Gasteiger partial charge is 0.497 e. The zero-order chi connectivity index (χ0) is 19.0. The number of rotatable bonds is 4. The number of hydrogen-bond donors (Lipinski definition) is 2. The maximum Gasteiger partial charge on any atom is 0.226 e. The normalized spacial score (nSPS) is 15.8. The van der Waals surface area contributed by atoms with Crippen LogP contribution in [0.15, 0.2) is 42.5 Å². The van der Waals surface area contributed by atoms with Crippen LogP contribution in [0.1, 0.15) is 23.5 Å². The Bertz CT molecular complexity index is 998. The van der Waals surface area contributed by atoms with E-state index in [-0.39, 0.29) is 11.8 Å². The molecule has 0 saturated heterocycles. The lowest BCUT2D eigenvalue weighted by Crippen LogP contribution is -2.23. The lowest BCUT2D eigenvalue weighted by molar-refractivity contribution is -0.116. The smallest absolute Gasteiger partial charge is 0.226 e. The molecule has 6 nitrogen and oxygen atoms in total. The summed E-state index contributed by atoms with van der Waals surface area (Å²) in [5.74, 6) is 1.63. The van der Waals surface area contributed by atoms with Crippen molar-refractivity contribution in [1.29, 1.82) is 0 Å². The zero-order valence-corrected chi connectivity index (χ0v) is 15.6. The van der Waals surface area contributed by atoms with E-state index < -0.39 is 0 Å². The van der Waals surface area contributed by atoms with E-state index in [0.717, 1.165) is 22.4 Å². The maximum atomic E-state index is 12.3. The van der Waals surface area contributed by atoms with Crippen LogP contribution in [0.3, 0.4) is 0 Å². The molecule has 0 fully saturated rings. The number of nitrogens with zero attached hydrogens (tertiary/aromatic N) is 1. The lowest BCUT2D eigenvalue weighted by Gasteiger charge is -2.25. The topological polar surface area (TPSA) is 76.2 Å². The Kier molecular flexibility index (Phi) is 4.49. The second-order valence-corrected chi connectivity index (χ2v) is 6.72. The number of H-pyrrole nitrogens is 1. The highest BCUT2D eigenvalue weighted by Crippen LogP contribution is 2.45. The molecule has 1 aliphatic rings. The van der Waals surface area contributed by atoms with E-state index in [1.165, 1.54) is 0 Å². The molecule has 138 valence electrons. The molecule has 0 spiro atoms. The molecule has 3 aromatic rings. The molecule has 0 bridgehead atoms. The zero-order valence-electron chi connectivity index (χ0n) is 14.9. The summed E-state index contributed by atoms with van der Waals surface area (Å²) in [6.45, 7) is 0. The monoisotopic (exact) mass is 383 g/mol. The number of amides is 1. The quantitative estimate of drug-likeness (QED) is 0.707. The summed E-state index contributed by atoms with van der Waals surface area (Å²) in [7, 11) is 3.22. The van der Waals surface area contributed by atoms with Gasteiger partial charge in [0.05, 0.1) is 19.9 Å². The van der Waals surface area contributed by atoms with Gasteiger partial charge in [-0.15, -0.1) is 0 Å². The molecule has 7 heteroatoms. The maximum absolute atomic E-state index is 12.3. The molecule has 2 heterocycles. The average molecular weight is 384 g/mol. The number of ether oxygens (including phenoxy) is 2. The van der Waals surface area contributed by atoms with Crippen molar-refractivity contribution in [3.63, 3.8) is 0 Å². The third-order valence-electron chi connectivity index (χ3n) is 4.75. The van der Waals surface area contributed by atoms with Crippen LogP contribution in [-0.2, 0) is 4.79 Å². The fourth-order valence-electron chi connectivity index (χ4n) is 3.46. The summed E-state index contributed by atoms with van der Waals surface area (Å²) >= 11 is 6.02. The summed E-state index contributed by atoms with van der Waals surface area (Å²) < 4.78 is 10.9. The van der Waals surface area contributed by atoms with E-state index in [4.69, 9.17) is 21.1 Å². The Morgan fingerprint density at radius 1 is 1.11 bits per heavy atom. The van der Waals surface area contributed by atoms with Crippen LogP contribution in [0, 0.1) is 0 Å². The van der Waals surface area contributed by atoms with Crippen molar-refractivity contribution in [2.24, 2.45) is 0 Å². The molecule has 1 aromatic heterocycles. The van der Waals surface area contributed by atoms with Gasteiger partial charge in [0.15, 0.2) is 5.82 Å². The van der Waals surface area contributed by atoms with Crippen molar-refractivity contribution in [2.45, 2.75) is 12.3 Å². The van der Waals surface area contributed by atoms with Gasteiger partial charge < -0.3 is 14.8 Å². The first-order valence-corrected chi connectivity index (χ1v) is 8.84. The number of carbonyl (C=O) groups is 1. The third-order valence-corrected chi connectivity index (χ3v) is 5.00. The van der Waals surface area contributed by atoms with Gasteiger partial charge in [0.25, 0.3) is 0 Å². The summed E-state index contributed by atoms with van der Waals surface area (Å²) in [6.07, 6.45) is 0.301. The number of aromatic nitrogens is 2.